The van der Waals surface area contributed by atoms with Gasteiger partial charge in [0, 0.05) is 22.3 Å². The van der Waals surface area contributed by atoms with Gasteiger partial charge in [-0.15, -0.1) is 22.7 Å². The maximum absolute atomic E-state index is 3.76. The number of benzene rings is 2. The van der Waals surface area contributed by atoms with E-state index in [0.29, 0.717) is 0 Å². The minimum absolute atomic E-state index is 1.20. The standard InChI is InChI=1S/C18H4Br4S2/c19-15-11-5-1-2-6-10-8(14-12(6)16(20)24-18(14)22)4-3-7(9(5)10)13(11)17(21)23-15/h1-4H. The van der Waals surface area contributed by atoms with Crippen molar-refractivity contribution >= 4 is 97.2 Å². The van der Waals surface area contributed by atoms with Gasteiger partial charge < -0.3 is 0 Å². The zero-order chi connectivity index (χ0) is 16.3. The lowest BCUT2D eigenvalue weighted by Crippen LogP contribution is -1.80. The molecule has 4 aromatic rings. The predicted octanol–water partition coefficient (Wildman–Crippen LogP) is 9.31. The summed E-state index contributed by atoms with van der Waals surface area (Å²) >= 11 is 18.6. The van der Waals surface area contributed by atoms with Crippen molar-refractivity contribution in [3.05, 3.63) is 39.4 Å². The van der Waals surface area contributed by atoms with Crippen molar-refractivity contribution in [2.24, 2.45) is 0 Å². The zero-order valence-corrected chi connectivity index (χ0v) is 19.6. The number of hydrogen-bond donors (Lipinski definition) is 0. The molecule has 0 atom stereocenters. The van der Waals surface area contributed by atoms with E-state index in [9.17, 15) is 0 Å². The summed E-state index contributed by atoms with van der Waals surface area (Å²) in [6.07, 6.45) is 0. The molecule has 0 aliphatic heterocycles. The van der Waals surface area contributed by atoms with Crippen molar-refractivity contribution < 1.29 is 0 Å². The summed E-state index contributed by atoms with van der Waals surface area (Å²) in [6.45, 7) is 0. The van der Waals surface area contributed by atoms with Crippen LogP contribution in [0, 0.1) is 0 Å². The fourth-order valence-corrected chi connectivity index (χ4v) is 10.5. The highest BCUT2D eigenvalue weighted by Gasteiger charge is 2.34. The van der Waals surface area contributed by atoms with E-state index in [2.05, 4.69) is 88.0 Å². The molecule has 0 amide bonds. The minimum Gasteiger partial charge on any atom is -0.120 e. The third-order valence-corrected chi connectivity index (χ3v) is 9.94. The molecule has 2 heterocycles. The average Bonchev–Trinajstić information content (AvgIpc) is 3.21. The predicted molar refractivity (Wildman–Crippen MR) is 119 cm³/mol. The maximum Gasteiger partial charge on any atom is 0.0795 e. The average molecular weight is 604 g/mol. The summed E-state index contributed by atoms with van der Waals surface area (Å²) < 4.78 is 4.80. The second-order valence-corrected chi connectivity index (χ2v) is 13.2. The lowest BCUT2D eigenvalue weighted by molar-refractivity contribution is 1.77. The van der Waals surface area contributed by atoms with Gasteiger partial charge in [-0.2, -0.15) is 0 Å². The molecule has 0 bridgehead atoms. The van der Waals surface area contributed by atoms with Gasteiger partial charge in [0.1, 0.15) is 0 Å². The molecule has 2 aromatic carbocycles. The Labute approximate surface area is 179 Å². The molecule has 2 aliphatic carbocycles. The van der Waals surface area contributed by atoms with Crippen LogP contribution in [0.5, 0.6) is 0 Å². The van der Waals surface area contributed by atoms with Crippen LogP contribution in [0.15, 0.2) is 39.4 Å². The summed E-state index contributed by atoms with van der Waals surface area (Å²) in [4.78, 5) is 0. The van der Waals surface area contributed by atoms with E-state index in [1.165, 1.54) is 70.4 Å². The molecule has 6 rings (SSSR count). The number of rotatable bonds is 0. The summed E-state index contributed by atoms with van der Waals surface area (Å²) in [6, 6.07) is 9.14. The molecule has 0 N–H and O–H groups in total. The van der Waals surface area contributed by atoms with Crippen molar-refractivity contribution in [3.63, 3.8) is 0 Å². The first-order chi connectivity index (χ1) is 11.6. The minimum atomic E-state index is 1.20. The molecular weight excluding hydrogens is 600 g/mol. The number of halogens is 4. The molecule has 24 heavy (non-hydrogen) atoms. The normalized spacial score (nSPS) is 13.0. The van der Waals surface area contributed by atoms with Gasteiger partial charge in [-0.25, -0.2) is 0 Å². The van der Waals surface area contributed by atoms with Gasteiger partial charge in [0.15, 0.2) is 0 Å². The monoisotopic (exact) mass is 600 g/mol. The Balaban J connectivity index is 1.86. The van der Waals surface area contributed by atoms with Gasteiger partial charge in [0.05, 0.1) is 15.1 Å². The molecular formula is C18H4Br4S2. The summed E-state index contributed by atoms with van der Waals surface area (Å²) in [7, 11) is 0. The Hall–Kier alpha value is 0.0200. The van der Waals surface area contributed by atoms with E-state index < -0.39 is 0 Å². The molecule has 6 heteroatoms. The van der Waals surface area contributed by atoms with Crippen molar-refractivity contribution in [3.8, 4) is 44.5 Å². The lowest BCUT2D eigenvalue weighted by Gasteiger charge is -2.07. The van der Waals surface area contributed by atoms with E-state index >= 15 is 0 Å². The lowest BCUT2D eigenvalue weighted by atomic mass is 9.98. The third-order valence-electron chi connectivity index (χ3n) is 4.88. The van der Waals surface area contributed by atoms with Crippen LogP contribution in [0.1, 0.15) is 0 Å². The van der Waals surface area contributed by atoms with Crippen LogP contribution >= 0.6 is 86.4 Å². The van der Waals surface area contributed by atoms with E-state index in [1.807, 2.05) is 0 Å². The molecule has 2 aromatic heterocycles. The molecule has 0 unspecified atom stereocenters. The van der Waals surface area contributed by atoms with Crippen molar-refractivity contribution in [1.29, 1.82) is 0 Å². The highest BCUT2D eigenvalue weighted by Crippen LogP contribution is 2.63. The van der Waals surface area contributed by atoms with Crippen LogP contribution in [0.3, 0.4) is 0 Å². The Bertz CT molecular complexity index is 1060. The summed E-state index contributed by atoms with van der Waals surface area (Å²) in [5.41, 5.74) is 10.7. The van der Waals surface area contributed by atoms with Gasteiger partial charge >= 0.3 is 0 Å². The highest BCUT2D eigenvalue weighted by atomic mass is 79.9. The van der Waals surface area contributed by atoms with Crippen LogP contribution in [-0.4, -0.2) is 0 Å². The molecule has 0 saturated heterocycles. The van der Waals surface area contributed by atoms with E-state index in [0.717, 1.165) is 0 Å². The van der Waals surface area contributed by atoms with Gasteiger partial charge in [-0.1, -0.05) is 24.3 Å². The molecule has 0 spiro atoms. The molecule has 0 radical (unpaired) electrons. The molecule has 0 nitrogen and oxygen atoms in total. The maximum atomic E-state index is 3.76. The van der Waals surface area contributed by atoms with E-state index in [1.54, 1.807) is 22.7 Å². The Morgan fingerprint density at radius 1 is 0.458 bits per heavy atom. The third kappa shape index (κ3) is 1.60. The summed E-state index contributed by atoms with van der Waals surface area (Å²) in [5, 5.41) is 2.79. The second kappa shape index (κ2) is 4.84. The van der Waals surface area contributed by atoms with Gasteiger partial charge in [-0.05, 0) is 96.7 Å². The van der Waals surface area contributed by atoms with Crippen LogP contribution in [0.25, 0.3) is 55.3 Å². The fourth-order valence-electron chi connectivity index (χ4n) is 4.05. The van der Waals surface area contributed by atoms with Crippen molar-refractivity contribution in [2.75, 3.05) is 0 Å². The zero-order valence-electron chi connectivity index (χ0n) is 11.6. The van der Waals surface area contributed by atoms with Crippen LogP contribution in [0.2, 0.25) is 0 Å². The van der Waals surface area contributed by atoms with Gasteiger partial charge in [-0.3, -0.25) is 0 Å². The first kappa shape index (κ1) is 15.1. The first-order valence-corrected chi connectivity index (χ1v) is 11.9. The first-order valence-electron chi connectivity index (χ1n) is 7.14. The Kier molecular flexibility index (Phi) is 3.05. The van der Waals surface area contributed by atoms with Crippen LogP contribution in [-0.2, 0) is 0 Å². The fraction of sp³-hybridized carbons (Fsp3) is 0. The molecule has 0 fully saturated rings. The largest absolute Gasteiger partial charge is 0.120 e. The van der Waals surface area contributed by atoms with Crippen molar-refractivity contribution in [2.45, 2.75) is 0 Å². The van der Waals surface area contributed by atoms with Gasteiger partial charge in [0.25, 0.3) is 0 Å². The SMILES string of the molecule is Brc1sc(Br)c2c1-c1ccc3c4c(ccc-2c14)-c1c(Br)sc(Br)c1-3. The molecule has 116 valence electrons. The van der Waals surface area contributed by atoms with Crippen LogP contribution in [0.4, 0.5) is 0 Å². The van der Waals surface area contributed by atoms with Gasteiger partial charge in [0.2, 0.25) is 0 Å². The Morgan fingerprint density at radius 2 is 0.708 bits per heavy atom. The topological polar surface area (TPSA) is 0 Å². The number of hydrogen-bond acceptors (Lipinski definition) is 2. The Morgan fingerprint density at radius 3 is 0.958 bits per heavy atom. The smallest absolute Gasteiger partial charge is 0.0795 e. The highest BCUT2D eigenvalue weighted by molar-refractivity contribution is 9.12. The van der Waals surface area contributed by atoms with Crippen molar-refractivity contribution in [1.82, 2.24) is 0 Å². The quantitative estimate of drug-likeness (QED) is 0.162. The van der Waals surface area contributed by atoms with Crippen LogP contribution < -0.4 is 0 Å². The number of fused-ring (bicyclic) bond motifs is 6. The van der Waals surface area contributed by atoms with E-state index in [4.69, 9.17) is 0 Å². The molecule has 2 aliphatic rings. The van der Waals surface area contributed by atoms with E-state index in [-0.39, 0.29) is 0 Å². The second-order valence-electron chi connectivity index (χ2n) is 5.87. The molecule has 0 saturated carbocycles. The number of thiophene rings is 2. The summed E-state index contributed by atoms with van der Waals surface area (Å²) in [5.74, 6) is 0.